The third-order valence-corrected chi connectivity index (χ3v) is 3.98. The van der Waals surface area contributed by atoms with Crippen LogP contribution in [0.3, 0.4) is 0 Å². The van der Waals surface area contributed by atoms with Gasteiger partial charge in [-0.25, -0.2) is 0 Å². The van der Waals surface area contributed by atoms with Crippen molar-refractivity contribution in [2.24, 2.45) is 5.73 Å². The van der Waals surface area contributed by atoms with Crippen LogP contribution in [-0.2, 0) is 12.8 Å². The smallest absolute Gasteiger partial charge is 0.123 e. The average Bonchev–Trinajstić information content (AvgIpc) is 2.56. The van der Waals surface area contributed by atoms with E-state index in [1.165, 1.54) is 11.1 Å². The molecule has 0 heterocycles. The van der Waals surface area contributed by atoms with Crippen LogP contribution in [0.1, 0.15) is 27.8 Å². The zero-order valence-corrected chi connectivity index (χ0v) is 13.0. The van der Waals surface area contributed by atoms with E-state index in [2.05, 4.69) is 42.5 Å². The number of benzene rings is 3. The monoisotopic (exact) mass is 300 g/mol. The summed E-state index contributed by atoms with van der Waals surface area (Å²) in [6, 6.07) is 26.8. The van der Waals surface area contributed by atoms with E-state index in [-0.39, 0.29) is 5.84 Å². The van der Waals surface area contributed by atoms with Crippen LogP contribution in [-0.4, -0.2) is 5.84 Å². The first kappa shape index (κ1) is 15.0. The first-order valence-electron chi connectivity index (χ1n) is 7.77. The van der Waals surface area contributed by atoms with Gasteiger partial charge in [-0.1, -0.05) is 78.9 Å². The molecular formula is C21H20N2. The second-order valence-corrected chi connectivity index (χ2v) is 5.69. The van der Waals surface area contributed by atoms with Crippen molar-refractivity contribution in [3.63, 3.8) is 0 Å². The van der Waals surface area contributed by atoms with Gasteiger partial charge in [0.25, 0.3) is 0 Å². The Labute approximate surface area is 137 Å². The number of nitrogens with one attached hydrogen (secondary N) is 1. The summed E-state index contributed by atoms with van der Waals surface area (Å²) in [7, 11) is 0. The molecule has 114 valence electrons. The van der Waals surface area contributed by atoms with Gasteiger partial charge in [0.15, 0.2) is 0 Å². The molecule has 0 radical (unpaired) electrons. The molecule has 2 nitrogen and oxygen atoms in total. The molecule has 0 bridgehead atoms. The van der Waals surface area contributed by atoms with Gasteiger partial charge in [-0.05, 0) is 35.1 Å². The Morgan fingerprint density at radius 2 is 1.09 bits per heavy atom. The summed E-state index contributed by atoms with van der Waals surface area (Å²) >= 11 is 0. The Bertz CT molecular complexity index is 733. The lowest BCUT2D eigenvalue weighted by Crippen LogP contribution is -2.17. The quantitative estimate of drug-likeness (QED) is 0.539. The standard InChI is InChI=1S/C21H20N2/c22-21(23)20-18(14-16-8-3-1-4-9-16)12-7-13-19(20)15-17-10-5-2-6-11-17/h1-13H,14-15H2,(H3,22,23). The summed E-state index contributed by atoms with van der Waals surface area (Å²) in [4.78, 5) is 0. The van der Waals surface area contributed by atoms with Crippen molar-refractivity contribution < 1.29 is 0 Å². The lowest BCUT2D eigenvalue weighted by atomic mass is 9.92. The fourth-order valence-corrected chi connectivity index (χ4v) is 2.93. The van der Waals surface area contributed by atoms with Crippen LogP contribution in [0.2, 0.25) is 0 Å². The molecule has 0 atom stereocenters. The number of nitrogens with two attached hydrogens (primary N) is 1. The van der Waals surface area contributed by atoms with E-state index >= 15 is 0 Å². The van der Waals surface area contributed by atoms with E-state index in [0.717, 1.165) is 29.5 Å². The molecule has 0 amide bonds. The second kappa shape index (κ2) is 6.93. The number of hydrogen-bond acceptors (Lipinski definition) is 1. The summed E-state index contributed by atoms with van der Waals surface area (Å²) < 4.78 is 0. The van der Waals surface area contributed by atoms with Gasteiger partial charge in [0, 0.05) is 5.56 Å². The molecule has 0 aliphatic heterocycles. The first-order chi connectivity index (χ1) is 11.2. The topological polar surface area (TPSA) is 49.9 Å². The highest BCUT2D eigenvalue weighted by Gasteiger charge is 2.12. The lowest BCUT2D eigenvalue weighted by molar-refractivity contribution is 1.12. The molecule has 3 aromatic carbocycles. The van der Waals surface area contributed by atoms with Crippen molar-refractivity contribution in [2.45, 2.75) is 12.8 Å². The first-order valence-corrected chi connectivity index (χ1v) is 7.77. The molecule has 0 saturated heterocycles. The highest BCUT2D eigenvalue weighted by atomic mass is 14.7. The molecule has 0 aliphatic carbocycles. The minimum absolute atomic E-state index is 0.141. The van der Waals surface area contributed by atoms with Crippen molar-refractivity contribution in [1.82, 2.24) is 0 Å². The van der Waals surface area contributed by atoms with Crippen LogP contribution in [0.5, 0.6) is 0 Å². The maximum atomic E-state index is 8.03. The van der Waals surface area contributed by atoms with E-state index in [9.17, 15) is 0 Å². The zero-order chi connectivity index (χ0) is 16.1. The number of amidine groups is 1. The molecule has 2 heteroatoms. The van der Waals surface area contributed by atoms with Gasteiger partial charge in [-0.2, -0.15) is 0 Å². The van der Waals surface area contributed by atoms with Crippen molar-refractivity contribution in [2.75, 3.05) is 0 Å². The van der Waals surface area contributed by atoms with E-state index < -0.39 is 0 Å². The predicted molar refractivity (Wildman–Crippen MR) is 96.0 cm³/mol. The second-order valence-electron chi connectivity index (χ2n) is 5.69. The summed E-state index contributed by atoms with van der Waals surface area (Å²) in [5.41, 5.74) is 11.5. The summed E-state index contributed by atoms with van der Waals surface area (Å²) in [6.07, 6.45) is 1.58. The Balaban J connectivity index is 1.97. The molecular weight excluding hydrogens is 280 g/mol. The molecule has 0 spiro atoms. The van der Waals surface area contributed by atoms with Gasteiger partial charge in [0.1, 0.15) is 5.84 Å². The van der Waals surface area contributed by atoms with Crippen molar-refractivity contribution in [3.05, 3.63) is 107 Å². The highest BCUT2D eigenvalue weighted by Crippen LogP contribution is 2.21. The Kier molecular flexibility index (Phi) is 4.53. The van der Waals surface area contributed by atoms with Crippen LogP contribution in [0.25, 0.3) is 0 Å². The third-order valence-electron chi connectivity index (χ3n) is 3.98. The van der Waals surface area contributed by atoms with Gasteiger partial charge in [-0.3, -0.25) is 5.41 Å². The zero-order valence-electron chi connectivity index (χ0n) is 13.0. The molecule has 3 N–H and O–H groups in total. The highest BCUT2D eigenvalue weighted by molar-refractivity contribution is 5.98. The van der Waals surface area contributed by atoms with Crippen LogP contribution >= 0.6 is 0 Å². The number of nitrogen functional groups attached to an aromatic ring is 1. The average molecular weight is 300 g/mol. The summed E-state index contributed by atoms with van der Waals surface area (Å²) in [6.45, 7) is 0. The third kappa shape index (κ3) is 3.67. The van der Waals surface area contributed by atoms with Crippen LogP contribution in [0.15, 0.2) is 78.9 Å². The molecule has 3 rings (SSSR count). The van der Waals surface area contributed by atoms with E-state index in [0.29, 0.717) is 0 Å². The maximum Gasteiger partial charge on any atom is 0.123 e. The molecule has 0 unspecified atom stereocenters. The van der Waals surface area contributed by atoms with E-state index in [4.69, 9.17) is 11.1 Å². The van der Waals surface area contributed by atoms with Crippen molar-refractivity contribution in [3.8, 4) is 0 Å². The Morgan fingerprint density at radius 1 is 0.652 bits per heavy atom. The fourth-order valence-electron chi connectivity index (χ4n) is 2.93. The largest absolute Gasteiger partial charge is 0.384 e. The Hall–Kier alpha value is -2.87. The molecule has 0 saturated carbocycles. The lowest BCUT2D eigenvalue weighted by Gasteiger charge is -2.14. The SMILES string of the molecule is N=C(N)c1c(Cc2ccccc2)cccc1Cc1ccccc1. The molecule has 0 fully saturated rings. The normalized spacial score (nSPS) is 10.4. The number of hydrogen-bond donors (Lipinski definition) is 2. The minimum Gasteiger partial charge on any atom is -0.384 e. The van der Waals surface area contributed by atoms with Gasteiger partial charge < -0.3 is 5.73 Å². The van der Waals surface area contributed by atoms with Crippen LogP contribution in [0.4, 0.5) is 0 Å². The van der Waals surface area contributed by atoms with Gasteiger partial charge in [0.2, 0.25) is 0 Å². The van der Waals surface area contributed by atoms with Gasteiger partial charge in [-0.15, -0.1) is 0 Å². The van der Waals surface area contributed by atoms with Gasteiger partial charge in [0.05, 0.1) is 0 Å². The molecule has 0 aromatic heterocycles. The Morgan fingerprint density at radius 3 is 1.48 bits per heavy atom. The predicted octanol–water partition coefficient (Wildman–Crippen LogP) is 4.15. The fraction of sp³-hybridized carbons (Fsp3) is 0.0952. The summed E-state index contributed by atoms with van der Waals surface area (Å²) in [5.74, 6) is 0.141. The van der Waals surface area contributed by atoms with Gasteiger partial charge >= 0.3 is 0 Å². The van der Waals surface area contributed by atoms with Crippen LogP contribution in [0, 0.1) is 5.41 Å². The van der Waals surface area contributed by atoms with E-state index in [1.54, 1.807) is 0 Å². The maximum absolute atomic E-state index is 8.03. The van der Waals surface area contributed by atoms with Crippen molar-refractivity contribution >= 4 is 5.84 Å². The number of rotatable bonds is 5. The van der Waals surface area contributed by atoms with E-state index in [1.807, 2.05) is 36.4 Å². The minimum atomic E-state index is 0.141. The van der Waals surface area contributed by atoms with Crippen molar-refractivity contribution in [1.29, 1.82) is 5.41 Å². The summed E-state index contributed by atoms with van der Waals surface area (Å²) in [5, 5.41) is 8.03. The molecule has 3 aromatic rings. The molecule has 23 heavy (non-hydrogen) atoms. The molecule has 0 aliphatic rings. The van der Waals surface area contributed by atoms with Crippen LogP contribution < -0.4 is 5.73 Å².